The third-order valence-corrected chi connectivity index (χ3v) is 3.23. The molecule has 0 N–H and O–H groups in total. The minimum absolute atomic E-state index is 0.0730. The Hall–Kier alpha value is -0.680. The molecule has 0 aromatic carbocycles. The average molecular weight is 274 g/mol. The third kappa shape index (κ3) is 5.87. The standard InChI is InChI=1S/C14H27FN2O2/c1-13(2,3)19-11-14(15)6-8-17(9-7-14)12(18)10-16(4)5/h6-11H2,1-5H3. The molecule has 0 aliphatic carbocycles. The van der Waals surface area contributed by atoms with Crippen LogP contribution in [0.3, 0.4) is 0 Å². The highest BCUT2D eigenvalue weighted by Gasteiger charge is 2.37. The number of nitrogens with zero attached hydrogens (tertiary/aromatic N) is 2. The van der Waals surface area contributed by atoms with Crippen molar-refractivity contribution in [1.82, 2.24) is 9.80 Å². The first-order chi connectivity index (χ1) is 8.61. The number of carbonyl (C=O) groups excluding carboxylic acids is 1. The molecule has 0 aromatic heterocycles. The lowest BCUT2D eigenvalue weighted by molar-refractivity contribution is -0.137. The molecular formula is C14H27FN2O2. The van der Waals surface area contributed by atoms with Crippen molar-refractivity contribution in [1.29, 1.82) is 0 Å². The Labute approximate surface area is 115 Å². The van der Waals surface area contributed by atoms with Gasteiger partial charge in [0, 0.05) is 25.9 Å². The molecular weight excluding hydrogens is 247 g/mol. The smallest absolute Gasteiger partial charge is 0.236 e. The van der Waals surface area contributed by atoms with Crippen LogP contribution in [0.5, 0.6) is 0 Å². The monoisotopic (exact) mass is 274 g/mol. The van der Waals surface area contributed by atoms with Crippen molar-refractivity contribution in [2.45, 2.75) is 44.9 Å². The van der Waals surface area contributed by atoms with E-state index in [1.54, 1.807) is 4.90 Å². The second-order valence-electron chi connectivity index (χ2n) is 6.67. The fourth-order valence-electron chi connectivity index (χ4n) is 2.02. The Morgan fingerprint density at radius 2 is 1.84 bits per heavy atom. The molecule has 0 aromatic rings. The predicted octanol–water partition coefficient (Wildman–Crippen LogP) is 1.69. The number of halogens is 1. The van der Waals surface area contributed by atoms with Gasteiger partial charge in [0.15, 0.2) is 0 Å². The van der Waals surface area contributed by atoms with Gasteiger partial charge in [-0.15, -0.1) is 0 Å². The van der Waals surface area contributed by atoms with E-state index in [0.29, 0.717) is 32.5 Å². The van der Waals surface area contributed by atoms with Gasteiger partial charge in [-0.3, -0.25) is 4.79 Å². The molecule has 0 atom stereocenters. The topological polar surface area (TPSA) is 32.8 Å². The molecule has 1 fully saturated rings. The number of carbonyl (C=O) groups is 1. The number of hydrogen-bond acceptors (Lipinski definition) is 3. The van der Waals surface area contributed by atoms with Gasteiger partial charge in [-0.05, 0) is 34.9 Å². The zero-order chi connectivity index (χ0) is 14.7. The third-order valence-electron chi connectivity index (χ3n) is 3.23. The Morgan fingerprint density at radius 1 is 1.32 bits per heavy atom. The SMILES string of the molecule is CN(C)CC(=O)N1CCC(F)(COC(C)(C)C)CC1. The molecule has 0 saturated carbocycles. The summed E-state index contributed by atoms with van der Waals surface area (Å²) in [5.41, 5.74) is -1.61. The van der Waals surface area contributed by atoms with E-state index in [-0.39, 0.29) is 18.1 Å². The zero-order valence-corrected chi connectivity index (χ0v) is 12.8. The van der Waals surface area contributed by atoms with Gasteiger partial charge in [0.2, 0.25) is 5.91 Å². The van der Waals surface area contributed by atoms with Crippen LogP contribution in [0.2, 0.25) is 0 Å². The molecule has 0 unspecified atom stereocenters. The van der Waals surface area contributed by atoms with Crippen molar-refractivity contribution in [3.05, 3.63) is 0 Å². The predicted molar refractivity (Wildman–Crippen MR) is 73.9 cm³/mol. The highest BCUT2D eigenvalue weighted by molar-refractivity contribution is 5.78. The van der Waals surface area contributed by atoms with Crippen LogP contribution in [0.15, 0.2) is 0 Å². The molecule has 1 heterocycles. The fraction of sp³-hybridized carbons (Fsp3) is 0.929. The maximum atomic E-state index is 14.5. The Bertz CT molecular complexity index is 305. The van der Waals surface area contributed by atoms with Crippen LogP contribution in [-0.2, 0) is 9.53 Å². The number of piperidine rings is 1. The van der Waals surface area contributed by atoms with E-state index in [9.17, 15) is 9.18 Å². The molecule has 112 valence electrons. The van der Waals surface area contributed by atoms with E-state index >= 15 is 0 Å². The molecule has 4 nitrogen and oxygen atoms in total. The van der Waals surface area contributed by atoms with Gasteiger partial charge >= 0.3 is 0 Å². The molecule has 1 aliphatic rings. The maximum Gasteiger partial charge on any atom is 0.236 e. The lowest BCUT2D eigenvalue weighted by Crippen LogP contribution is -2.49. The van der Waals surface area contributed by atoms with Crippen molar-refractivity contribution in [3.63, 3.8) is 0 Å². The summed E-state index contributed by atoms with van der Waals surface area (Å²) in [5, 5.41) is 0. The molecule has 0 spiro atoms. The molecule has 5 heteroatoms. The van der Waals surface area contributed by atoms with Crippen LogP contribution in [0.1, 0.15) is 33.6 Å². The van der Waals surface area contributed by atoms with E-state index < -0.39 is 5.67 Å². The van der Waals surface area contributed by atoms with Crippen molar-refractivity contribution < 1.29 is 13.9 Å². The average Bonchev–Trinajstić information content (AvgIpc) is 2.26. The van der Waals surface area contributed by atoms with E-state index in [2.05, 4.69) is 0 Å². The Balaban J connectivity index is 2.41. The molecule has 0 bridgehead atoms. The highest BCUT2D eigenvalue weighted by atomic mass is 19.1. The van der Waals surface area contributed by atoms with Crippen LogP contribution in [0.25, 0.3) is 0 Å². The number of ether oxygens (including phenoxy) is 1. The largest absolute Gasteiger partial charge is 0.373 e. The van der Waals surface area contributed by atoms with Crippen molar-refractivity contribution >= 4 is 5.91 Å². The van der Waals surface area contributed by atoms with Gasteiger partial charge in [0.1, 0.15) is 5.67 Å². The van der Waals surface area contributed by atoms with E-state index in [4.69, 9.17) is 4.74 Å². The number of alkyl halides is 1. The van der Waals surface area contributed by atoms with Crippen molar-refractivity contribution in [2.75, 3.05) is 40.3 Å². The van der Waals surface area contributed by atoms with Crippen LogP contribution in [0, 0.1) is 0 Å². The molecule has 1 saturated heterocycles. The molecule has 0 radical (unpaired) electrons. The fourth-order valence-corrected chi connectivity index (χ4v) is 2.02. The quantitative estimate of drug-likeness (QED) is 0.782. The summed E-state index contributed by atoms with van der Waals surface area (Å²) in [4.78, 5) is 15.4. The van der Waals surface area contributed by atoms with Crippen molar-refractivity contribution in [2.24, 2.45) is 0 Å². The lowest BCUT2D eigenvalue weighted by atomic mass is 9.94. The van der Waals surface area contributed by atoms with Gasteiger partial charge in [-0.25, -0.2) is 4.39 Å². The first kappa shape index (κ1) is 16.4. The summed E-state index contributed by atoms with van der Waals surface area (Å²) in [6, 6.07) is 0. The normalized spacial score (nSPS) is 19.8. The molecule has 1 amide bonds. The lowest BCUT2D eigenvalue weighted by Gasteiger charge is -2.38. The summed E-state index contributed by atoms with van der Waals surface area (Å²) >= 11 is 0. The number of hydrogen-bond donors (Lipinski definition) is 0. The molecule has 19 heavy (non-hydrogen) atoms. The van der Waals surface area contributed by atoms with Gasteiger partial charge in [-0.1, -0.05) is 0 Å². The second kappa shape index (κ2) is 6.18. The minimum atomic E-state index is -1.29. The summed E-state index contributed by atoms with van der Waals surface area (Å²) in [5.74, 6) is 0.0730. The molecule has 1 aliphatic heterocycles. The van der Waals surface area contributed by atoms with Gasteiger partial charge in [0.25, 0.3) is 0 Å². The number of likely N-dealkylation sites (tertiary alicyclic amines) is 1. The summed E-state index contributed by atoms with van der Waals surface area (Å²) in [6.07, 6.45) is 0.727. The molecule has 1 rings (SSSR count). The van der Waals surface area contributed by atoms with Crippen LogP contribution >= 0.6 is 0 Å². The highest BCUT2D eigenvalue weighted by Crippen LogP contribution is 2.28. The van der Waals surface area contributed by atoms with Gasteiger partial charge < -0.3 is 14.5 Å². The van der Waals surface area contributed by atoms with E-state index in [1.165, 1.54) is 0 Å². The number of likely N-dealkylation sites (N-methyl/N-ethyl adjacent to an activating group) is 1. The van der Waals surface area contributed by atoms with Gasteiger partial charge in [-0.2, -0.15) is 0 Å². The van der Waals surface area contributed by atoms with Crippen LogP contribution < -0.4 is 0 Å². The van der Waals surface area contributed by atoms with E-state index in [1.807, 2.05) is 39.8 Å². The maximum absolute atomic E-state index is 14.5. The Kier molecular flexibility index (Phi) is 5.33. The summed E-state index contributed by atoms with van der Waals surface area (Å²) < 4.78 is 20.1. The summed E-state index contributed by atoms with van der Waals surface area (Å²) in [7, 11) is 3.72. The van der Waals surface area contributed by atoms with Crippen LogP contribution in [0.4, 0.5) is 4.39 Å². The minimum Gasteiger partial charge on any atom is -0.373 e. The van der Waals surface area contributed by atoms with Crippen molar-refractivity contribution in [3.8, 4) is 0 Å². The number of rotatable bonds is 4. The zero-order valence-electron chi connectivity index (χ0n) is 12.8. The van der Waals surface area contributed by atoms with Crippen LogP contribution in [-0.4, -0.2) is 67.3 Å². The first-order valence-electron chi connectivity index (χ1n) is 6.87. The van der Waals surface area contributed by atoms with Gasteiger partial charge in [0.05, 0.1) is 18.8 Å². The summed E-state index contributed by atoms with van der Waals surface area (Å²) in [6.45, 7) is 7.24. The second-order valence-corrected chi connectivity index (χ2v) is 6.67. The Morgan fingerprint density at radius 3 is 2.26 bits per heavy atom. The number of amides is 1. The first-order valence-corrected chi connectivity index (χ1v) is 6.87. The van der Waals surface area contributed by atoms with E-state index in [0.717, 1.165) is 0 Å².